The number of aliphatic hydroxyl groups excluding tert-OH is 1. The summed E-state index contributed by atoms with van der Waals surface area (Å²) in [6.45, 7) is 11.2. The number of benzene rings is 1. The van der Waals surface area contributed by atoms with Crippen molar-refractivity contribution in [2.75, 3.05) is 59.3 Å². The first-order valence-corrected chi connectivity index (χ1v) is 25.5. The number of fused-ring (bicyclic) bond motifs is 7. The van der Waals surface area contributed by atoms with Gasteiger partial charge < -0.3 is 34.1 Å². The Labute approximate surface area is 421 Å². The molecule has 0 spiro atoms. The maximum atomic E-state index is 14.0. The smallest absolute Gasteiger partial charge is 0.276 e. The topological polar surface area (TPSA) is 208 Å². The van der Waals surface area contributed by atoms with Gasteiger partial charge in [-0.3, -0.25) is 48.8 Å². The number of pyridine rings is 3. The molecule has 73 heavy (non-hydrogen) atoms. The molecule has 1 unspecified atom stereocenters. The van der Waals surface area contributed by atoms with Crippen LogP contribution in [0.15, 0.2) is 65.8 Å². The monoisotopic (exact) mass is 989 g/mol. The van der Waals surface area contributed by atoms with Crippen LogP contribution < -0.4 is 35.6 Å². The first-order valence-electron chi connectivity index (χ1n) is 25.5. The van der Waals surface area contributed by atoms with E-state index in [4.69, 9.17) is 9.72 Å². The van der Waals surface area contributed by atoms with Gasteiger partial charge in [0.1, 0.15) is 34.8 Å². The summed E-state index contributed by atoms with van der Waals surface area (Å²) in [6, 6.07) is 12.6. The van der Waals surface area contributed by atoms with Crippen LogP contribution in [0.5, 0.6) is 5.75 Å². The van der Waals surface area contributed by atoms with Crippen LogP contribution in [0.4, 0.5) is 28.7 Å². The third-order valence-electron chi connectivity index (χ3n) is 16.3. The third kappa shape index (κ3) is 7.94. The second-order valence-electron chi connectivity index (χ2n) is 21.5. The Balaban J connectivity index is 0.698. The van der Waals surface area contributed by atoms with Gasteiger partial charge in [-0.25, -0.2) is 9.97 Å². The first kappa shape index (κ1) is 46.7. The van der Waals surface area contributed by atoms with E-state index in [1.54, 1.807) is 48.6 Å². The van der Waals surface area contributed by atoms with Crippen LogP contribution in [0.2, 0.25) is 0 Å². The van der Waals surface area contributed by atoms with Crippen molar-refractivity contribution in [3.05, 3.63) is 105 Å². The molecule has 378 valence electrons. The van der Waals surface area contributed by atoms with Crippen molar-refractivity contribution < 1.29 is 33.8 Å². The van der Waals surface area contributed by atoms with Crippen molar-refractivity contribution in [1.29, 1.82) is 0 Å². The van der Waals surface area contributed by atoms with E-state index < -0.39 is 29.7 Å². The highest BCUT2D eigenvalue weighted by molar-refractivity contribution is 6.24. The fraction of sp³-hybridized carbons (Fsp3) is 0.444. The zero-order valence-electron chi connectivity index (χ0n) is 41.5. The van der Waals surface area contributed by atoms with Crippen LogP contribution in [0, 0.1) is 5.41 Å². The molecule has 4 atom stereocenters. The zero-order valence-corrected chi connectivity index (χ0v) is 41.5. The summed E-state index contributed by atoms with van der Waals surface area (Å²) in [5, 5.41) is 16.3. The molecule has 1 aromatic carbocycles. The number of nitrogens with zero attached hydrogens (tertiary/aromatic N) is 9. The molecule has 4 aromatic heterocycles. The van der Waals surface area contributed by atoms with Crippen molar-refractivity contribution in [3.8, 4) is 16.9 Å². The molecule has 3 N–H and O–H groups in total. The van der Waals surface area contributed by atoms with Gasteiger partial charge in [0.25, 0.3) is 23.3 Å². The number of hydrogen-bond donors (Lipinski definition) is 3. The van der Waals surface area contributed by atoms with Crippen LogP contribution in [0.25, 0.3) is 11.1 Å². The maximum Gasteiger partial charge on any atom is 0.276 e. The van der Waals surface area contributed by atoms with E-state index in [1.807, 2.05) is 24.4 Å². The maximum absolute atomic E-state index is 14.0. The molecule has 19 nitrogen and oxygen atoms in total. The van der Waals surface area contributed by atoms with Crippen molar-refractivity contribution >= 4 is 58.2 Å². The predicted octanol–water partition coefficient (Wildman–Crippen LogP) is 4.40. The van der Waals surface area contributed by atoms with Crippen molar-refractivity contribution in [1.82, 2.24) is 34.2 Å². The highest BCUT2D eigenvalue weighted by atomic mass is 16.5. The number of amides is 5. The highest BCUT2D eigenvalue weighted by Gasteiger charge is 2.47. The lowest BCUT2D eigenvalue weighted by molar-refractivity contribution is -0.136. The van der Waals surface area contributed by atoms with Crippen molar-refractivity contribution in [3.63, 3.8) is 0 Å². The van der Waals surface area contributed by atoms with Gasteiger partial charge in [-0.05, 0) is 98.0 Å². The quantitative estimate of drug-likeness (QED) is 0.185. The number of carbonyl (C=O) groups is 5. The minimum Gasteiger partial charge on any atom is -0.491 e. The van der Waals surface area contributed by atoms with Gasteiger partial charge in [0, 0.05) is 106 Å². The number of rotatable bonds is 8. The minimum absolute atomic E-state index is 0.0603. The third-order valence-corrected chi connectivity index (χ3v) is 16.3. The molecule has 10 heterocycles. The predicted molar refractivity (Wildman–Crippen MR) is 271 cm³/mol. The Morgan fingerprint density at radius 1 is 0.849 bits per heavy atom. The SMILES string of the molecule is C[C@@H]1CN([C@@H]2CCN3c4cc5c(cc4OCC[C@@H]3C2)C(=O)N(C2CCC(=O)NC2=O)C5=O)CCN1c1ccc(Nc2cc(-c3ccnc(N4CCn5c(cc6c5CC(C)(C)C6)C4=O)c3CO)cn(C)c2=O)nc1. The number of imide groups is 2. The van der Waals surface area contributed by atoms with E-state index in [1.165, 1.54) is 15.8 Å². The number of piperidine rings is 2. The van der Waals surface area contributed by atoms with Crippen LogP contribution in [0.3, 0.4) is 0 Å². The summed E-state index contributed by atoms with van der Waals surface area (Å²) >= 11 is 0. The van der Waals surface area contributed by atoms with Crippen molar-refractivity contribution in [2.24, 2.45) is 12.5 Å². The van der Waals surface area contributed by atoms with E-state index in [0.717, 1.165) is 74.6 Å². The lowest BCUT2D eigenvalue weighted by Gasteiger charge is -2.48. The van der Waals surface area contributed by atoms with E-state index in [9.17, 15) is 33.9 Å². The fourth-order valence-corrected chi connectivity index (χ4v) is 12.8. The summed E-state index contributed by atoms with van der Waals surface area (Å²) < 4.78 is 9.90. The summed E-state index contributed by atoms with van der Waals surface area (Å²) in [4.78, 5) is 98.7. The molecule has 3 fully saturated rings. The number of aliphatic hydroxyl groups is 1. The molecule has 12 rings (SSSR count). The standard InChI is InChI=1S/C54H59N11O8/c1-30-27-60(33-10-13-62-34(21-33)11-18-73-45-23-38-37(22-42(45)62)50(69)65(51(38)70)41-6-8-47(67)58-49(41)68)14-15-61(30)35-5-7-46(56-26-35)57-40-19-32(28-59(4)52(40)71)36-9-12-55-48(39(36)29-66)64-17-16-63-43(53(64)72)20-31-24-54(2,3)25-44(31)63/h5,7,9,12,19-20,22-23,26,28,30,33-34,41,66H,6,8,10-11,13-18,21,24-25,27,29H2,1-4H3,(H,56,57)(H,58,67,68)/t30-,33-,34-,41?/m1/s1. The van der Waals surface area contributed by atoms with Gasteiger partial charge in [-0.1, -0.05) is 13.8 Å². The van der Waals surface area contributed by atoms with Gasteiger partial charge in [0.15, 0.2) is 0 Å². The highest BCUT2D eigenvalue weighted by Crippen LogP contribution is 2.44. The Hall–Kier alpha value is -7.38. The lowest BCUT2D eigenvalue weighted by atomic mass is 9.90. The number of hydrogen-bond acceptors (Lipinski definition) is 14. The normalized spacial score (nSPS) is 23.6. The fourth-order valence-electron chi connectivity index (χ4n) is 12.8. The Morgan fingerprint density at radius 3 is 2.44 bits per heavy atom. The number of anilines is 5. The molecule has 19 heteroatoms. The Bertz CT molecular complexity index is 3220. The van der Waals surface area contributed by atoms with Crippen molar-refractivity contribution in [2.45, 2.75) is 103 Å². The molecule has 7 aliphatic rings. The second-order valence-corrected chi connectivity index (χ2v) is 21.5. The molecular weight excluding hydrogens is 931 g/mol. The molecule has 0 saturated carbocycles. The number of aryl methyl sites for hydroxylation is 1. The van der Waals surface area contributed by atoms with Crippen LogP contribution in [-0.2, 0) is 42.6 Å². The van der Waals surface area contributed by atoms with Gasteiger partial charge in [-0.15, -0.1) is 0 Å². The van der Waals surface area contributed by atoms with Crippen LogP contribution >= 0.6 is 0 Å². The average molecular weight is 990 g/mol. The number of piperazine rings is 1. The molecule has 5 aromatic rings. The van der Waals surface area contributed by atoms with Gasteiger partial charge in [0.2, 0.25) is 11.8 Å². The number of ether oxygens (including phenoxy) is 1. The molecule has 1 aliphatic carbocycles. The van der Waals surface area contributed by atoms with Gasteiger partial charge in [0.05, 0.1) is 41.9 Å². The van der Waals surface area contributed by atoms with E-state index in [0.29, 0.717) is 71.2 Å². The summed E-state index contributed by atoms with van der Waals surface area (Å²) in [7, 11) is 1.69. The number of carbonyl (C=O) groups excluding carboxylic acids is 5. The summed E-state index contributed by atoms with van der Waals surface area (Å²) in [5.74, 6) is -0.777. The van der Waals surface area contributed by atoms with Crippen LogP contribution in [0.1, 0.15) is 101 Å². The molecule has 3 saturated heterocycles. The molecule has 0 bridgehead atoms. The Morgan fingerprint density at radius 2 is 1.67 bits per heavy atom. The Kier molecular flexibility index (Phi) is 11.3. The number of aromatic nitrogens is 4. The average Bonchev–Trinajstić information content (AvgIpc) is 3.90. The first-order chi connectivity index (χ1) is 35.1. The molecule has 6 aliphatic heterocycles. The molecule has 0 radical (unpaired) electrons. The van der Waals surface area contributed by atoms with Crippen LogP contribution in [-0.4, -0.2) is 127 Å². The lowest BCUT2D eigenvalue weighted by Crippen LogP contribution is -2.58. The minimum atomic E-state index is -1.03. The van der Waals surface area contributed by atoms with E-state index >= 15 is 0 Å². The van der Waals surface area contributed by atoms with Gasteiger partial charge >= 0.3 is 0 Å². The second kappa shape index (κ2) is 17.7. The molecule has 5 amide bonds. The van der Waals surface area contributed by atoms with Gasteiger partial charge in [-0.2, -0.15) is 0 Å². The van der Waals surface area contributed by atoms with E-state index in [-0.39, 0.29) is 59.5 Å². The molecular formula is C54H59N11O8. The zero-order chi connectivity index (χ0) is 50.6. The van der Waals surface area contributed by atoms with E-state index in [2.05, 4.69) is 55.7 Å². The number of nitrogens with one attached hydrogen (secondary N) is 2. The summed E-state index contributed by atoms with van der Waals surface area (Å²) in [5.41, 5.74) is 7.45. The largest absolute Gasteiger partial charge is 0.491 e. The summed E-state index contributed by atoms with van der Waals surface area (Å²) in [6.07, 6.45) is 9.86.